The van der Waals surface area contributed by atoms with Crippen molar-refractivity contribution in [1.82, 2.24) is 9.88 Å². The van der Waals surface area contributed by atoms with Crippen molar-refractivity contribution < 1.29 is 31.9 Å². The molecule has 0 bridgehead atoms. The van der Waals surface area contributed by atoms with E-state index in [2.05, 4.69) is 23.7 Å². The van der Waals surface area contributed by atoms with Gasteiger partial charge in [-0.1, -0.05) is 31.5 Å². The molecule has 2 heterocycles. The van der Waals surface area contributed by atoms with Crippen LogP contribution in [0.3, 0.4) is 0 Å². The van der Waals surface area contributed by atoms with Gasteiger partial charge in [-0.15, -0.1) is 12.4 Å². The molecule has 39 heavy (non-hydrogen) atoms. The van der Waals surface area contributed by atoms with Crippen LogP contribution in [0.15, 0.2) is 47.2 Å². The number of rotatable bonds is 7. The number of nitrogens with zero attached hydrogens (tertiary/aromatic N) is 3. The Hall–Kier alpha value is -2.66. The molecule has 1 amide bonds. The molecule has 2 aromatic carbocycles. The minimum absolute atomic E-state index is 0. The first-order valence-corrected chi connectivity index (χ1v) is 12.8. The number of alkyl halides is 3. The molecule has 12 heteroatoms. The van der Waals surface area contributed by atoms with Crippen LogP contribution >= 0.6 is 24.0 Å². The first kappa shape index (κ1) is 29.3. The van der Waals surface area contributed by atoms with Crippen LogP contribution in [0.25, 0.3) is 11.5 Å². The van der Waals surface area contributed by atoms with Crippen LogP contribution < -0.4 is 4.90 Å². The van der Waals surface area contributed by atoms with Crippen molar-refractivity contribution in [2.45, 2.75) is 44.5 Å². The van der Waals surface area contributed by atoms with Gasteiger partial charge in [0.1, 0.15) is 12.1 Å². The lowest BCUT2D eigenvalue weighted by Gasteiger charge is -2.43. The van der Waals surface area contributed by atoms with Crippen LogP contribution in [0.5, 0.6) is 0 Å². The zero-order chi connectivity index (χ0) is 27.4. The summed E-state index contributed by atoms with van der Waals surface area (Å²) in [5.74, 6) is -2.27. The van der Waals surface area contributed by atoms with Gasteiger partial charge in [-0.3, -0.25) is 4.79 Å². The molecule has 0 unspecified atom stereocenters. The Kier molecular flexibility index (Phi) is 8.06. The average molecular weight is 588 g/mol. The zero-order valence-electron chi connectivity index (χ0n) is 21.1. The summed E-state index contributed by atoms with van der Waals surface area (Å²) < 4.78 is 63.9. The monoisotopic (exact) mass is 587 g/mol. The van der Waals surface area contributed by atoms with Gasteiger partial charge in [0.05, 0.1) is 28.0 Å². The number of carbonyl (C=O) groups excluding carboxylic acids is 1. The van der Waals surface area contributed by atoms with E-state index < -0.39 is 40.2 Å². The van der Waals surface area contributed by atoms with E-state index in [9.17, 15) is 23.1 Å². The molecule has 1 aliphatic heterocycles. The Balaban J connectivity index is 0.00000353. The van der Waals surface area contributed by atoms with Gasteiger partial charge in [0.15, 0.2) is 0 Å². The smallest absolute Gasteiger partial charge is 0.416 e. The highest BCUT2D eigenvalue weighted by Gasteiger charge is 2.58. The van der Waals surface area contributed by atoms with E-state index in [4.69, 9.17) is 16.0 Å². The topological polar surface area (TPSA) is 69.8 Å². The molecule has 6 nitrogen and oxygen atoms in total. The van der Waals surface area contributed by atoms with Crippen LogP contribution in [-0.4, -0.2) is 46.6 Å². The number of hydrogen-bond acceptors (Lipinski definition) is 5. The molecular formula is C27H27Cl2F4N3O3. The first-order chi connectivity index (χ1) is 18.0. The maximum absolute atomic E-state index is 15.1. The molecule has 1 N–H and O–H groups in total. The summed E-state index contributed by atoms with van der Waals surface area (Å²) in [6.45, 7) is 5.89. The van der Waals surface area contributed by atoms with Crippen LogP contribution in [0.2, 0.25) is 5.02 Å². The van der Waals surface area contributed by atoms with Crippen LogP contribution in [-0.2, 0) is 16.6 Å². The van der Waals surface area contributed by atoms with E-state index >= 15 is 4.39 Å². The van der Waals surface area contributed by atoms with Crippen LogP contribution in [0.1, 0.15) is 43.4 Å². The first-order valence-electron chi connectivity index (χ1n) is 12.4. The maximum atomic E-state index is 15.1. The Bertz CT molecular complexity index is 1340. The summed E-state index contributed by atoms with van der Waals surface area (Å²) in [6.07, 6.45) is -1.01. The van der Waals surface area contributed by atoms with Crippen molar-refractivity contribution in [2.75, 3.05) is 24.5 Å². The maximum Gasteiger partial charge on any atom is 0.416 e. The minimum Gasteiger partial charge on any atom is -0.445 e. The summed E-state index contributed by atoms with van der Waals surface area (Å²) in [6, 6.07) is 5.80. The Morgan fingerprint density at radius 1 is 1.21 bits per heavy atom. The highest BCUT2D eigenvalue weighted by Crippen LogP contribution is 2.53. The average Bonchev–Trinajstić information content (AvgIpc) is 3.44. The predicted octanol–water partition coefficient (Wildman–Crippen LogP) is 6.28. The molecule has 0 radical (unpaired) electrons. The second-order valence-electron chi connectivity index (χ2n) is 9.69. The summed E-state index contributed by atoms with van der Waals surface area (Å²) in [5, 5.41) is 11.5. The Morgan fingerprint density at radius 2 is 1.90 bits per heavy atom. The molecule has 0 spiro atoms. The molecule has 0 saturated heterocycles. The Labute approximate surface area is 234 Å². The largest absolute Gasteiger partial charge is 0.445 e. The summed E-state index contributed by atoms with van der Waals surface area (Å²) in [7, 11) is 0. The van der Waals surface area contributed by atoms with Crippen LogP contribution in [0, 0.1) is 11.7 Å². The molecule has 1 saturated carbocycles. The predicted molar refractivity (Wildman–Crippen MR) is 140 cm³/mol. The lowest BCUT2D eigenvalue weighted by Crippen LogP contribution is -2.50. The third-order valence-electron chi connectivity index (χ3n) is 7.61. The second kappa shape index (κ2) is 10.7. The van der Waals surface area contributed by atoms with Gasteiger partial charge in [0.2, 0.25) is 11.5 Å². The molecular weight excluding hydrogens is 561 g/mol. The van der Waals surface area contributed by atoms with Gasteiger partial charge in [0.25, 0.3) is 5.91 Å². The molecule has 1 aromatic heterocycles. The number of hydrogen-bond donors (Lipinski definition) is 1. The van der Waals surface area contributed by atoms with E-state index in [1.807, 2.05) is 0 Å². The SMILES string of the molecule is CCN(CC)C1CC(CN2C(=O)[C@](O)(c3c(F)cccc3Cl)c3c2cc(-c2ncco2)cc3C(F)(F)F)C1.Cl. The highest BCUT2D eigenvalue weighted by molar-refractivity contribution is 6.32. The van der Waals surface area contributed by atoms with E-state index in [0.29, 0.717) is 6.04 Å². The summed E-state index contributed by atoms with van der Waals surface area (Å²) in [4.78, 5) is 21.3. The molecule has 1 atom stereocenters. The van der Waals surface area contributed by atoms with Crippen molar-refractivity contribution in [3.05, 3.63) is 70.3 Å². The van der Waals surface area contributed by atoms with Gasteiger partial charge in [0, 0.05) is 23.7 Å². The van der Waals surface area contributed by atoms with Gasteiger partial charge in [-0.2, -0.15) is 13.2 Å². The van der Waals surface area contributed by atoms with E-state index in [1.165, 1.54) is 30.7 Å². The molecule has 1 fully saturated rings. The van der Waals surface area contributed by atoms with Crippen molar-refractivity contribution in [2.24, 2.45) is 5.92 Å². The van der Waals surface area contributed by atoms with Crippen molar-refractivity contribution in [3.8, 4) is 11.5 Å². The molecule has 5 rings (SSSR count). The van der Waals surface area contributed by atoms with Crippen molar-refractivity contribution >= 4 is 35.6 Å². The zero-order valence-corrected chi connectivity index (χ0v) is 22.7. The van der Waals surface area contributed by atoms with Crippen molar-refractivity contribution in [3.63, 3.8) is 0 Å². The van der Waals surface area contributed by atoms with Gasteiger partial charge in [-0.05, 0) is 56.1 Å². The number of aliphatic hydroxyl groups is 1. The number of carbonyl (C=O) groups is 1. The highest BCUT2D eigenvalue weighted by atomic mass is 35.5. The Morgan fingerprint density at radius 3 is 2.46 bits per heavy atom. The van der Waals surface area contributed by atoms with E-state index in [1.54, 1.807) is 0 Å². The van der Waals surface area contributed by atoms with Crippen molar-refractivity contribution in [1.29, 1.82) is 0 Å². The number of halogens is 6. The van der Waals surface area contributed by atoms with Gasteiger partial charge < -0.3 is 19.3 Å². The van der Waals surface area contributed by atoms with Gasteiger partial charge >= 0.3 is 6.18 Å². The number of amides is 1. The standard InChI is InChI=1S/C27H26ClF4N3O3.ClH/c1-3-34(4-2)17-10-15(11-17)14-35-21-13-16(24-33-8-9-38-24)12-18(27(30,31)32)22(21)26(37,25(35)36)23-19(28)6-5-7-20(23)29;/h5-9,12-13,15,17,37H,3-4,10-11,14H2,1-2H3;1H/t15?,17?,26-;/m1./s1. The summed E-state index contributed by atoms with van der Waals surface area (Å²) >= 11 is 6.21. The normalized spacial score (nSPS) is 22.6. The fourth-order valence-electron chi connectivity index (χ4n) is 5.75. The number of aromatic nitrogens is 1. The lowest BCUT2D eigenvalue weighted by molar-refractivity contribution is -0.142. The van der Waals surface area contributed by atoms with Gasteiger partial charge in [-0.25, -0.2) is 9.37 Å². The molecule has 210 valence electrons. The fourth-order valence-corrected chi connectivity index (χ4v) is 6.05. The van der Waals surface area contributed by atoms with Crippen LogP contribution in [0.4, 0.5) is 23.2 Å². The van der Waals surface area contributed by atoms with E-state index in [-0.39, 0.29) is 47.0 Å². The molecule has 3 aromatic rings. The van der Waals surface area contributed by atoms with E-state index in [0.717, 1.165) is 43.0 Å². The third kappa shape index (κ3) is 4.81. The lowest BCUT2D eigenvalue weighted by atomic mass is 9.78. The number of fused-ring (bicyclic) bond motifs is 1. The number of oxazole rings is 1. The fraction of sp³-hybridized carbons (Fsp3) is 0.407. The second-order valence-corrected chi connectivity index (χ2v) is 10.1. The third-order valence-corrected chi connectivity index (χ3v) is 7.93. The minimum atomic E-state index is -5.00. The number of benzene rings is 2. The quantitative estimate of drug-likeness (QED) is 0.330. The number of anilines is 1. The summed E-state index contributed by atoms with van der Waals surface area (Å²) in [5.41, 5.74) is -5.95. The molecule has 2 aliphatic rings. The molecule has 1 aliphatic carbocycles.